The van der Waals surface area contributed by atoms with Gasteiger partial charge in [-0.15, -0.1) is 0 Å². The predicted molar refractivity (Wildman–Crippen MR) is 115 cm³/mol. The number of aliphatic hydroxyl groups is 1. The summed E-state index contributed by atoms with van der Waals surface area (Å²) in [5.41, 5.74) is 6.42. The summed E-state index contributed by atoms with van der Waals surface area (Å²) in [5.74, 6) is -3.24. The lowest BCUT2D eigenvalue weighted by molar-refractivity contribution is -0.0506. The third-order valence-electron chi connectivity index (χ3n) is 5.52. The maximum absolute atomic E-state index is 14.2. The second-order valence-electron chi connectivity index (χ2n) is 7.78. The molecule has 2 fully saturated rings. The van der Waals surface area contributed by atoms with Crippen LogP contribution in [0.25, 0.3) is 11.2 Å². The van der Waals surface area contributed by atoms with Gasteiger partial charge in [0, 0.05) is 24.5 Å². The molecule has 15 heteroatoms. The molecule has 2 aliphatic rings. The normalized spacial score (nSPS) is 29.6. The Balaban J connectivity index is 1.25. The highest BCUT2D eigenvalue weighted by Gasteiger charge is 2.39. The van der Waals surface area contributed by atoms with Gasteiger partial charge in [0.25, 0.3) is 0 Å². The molecule has 10 nitrogen and oxygen atoms in total. The number of imidazole rings is 1. The molecule has 182 valence electrons. The fraction of sp³-hybridized carbons (Fsp3) is 0.421. The van der Waals surface area contributed by atoms with Crippen molar-refractivity contribution < 1.29 is 36.6 Å². The number of benzene rings is 1. The van der Waals surface area contributed by atoms with Crippen molar-refractivity contribution >= 4 is 35.5 Å². The van der Waals surface area contributed by atoms with Gasteiger partial charge in [0.2, 0.25) is 0 Å². The van der Waals surface area contributed by atoms with Crippen LogP contribution < -0.4 is 5.73 Å². The van der Waals surface area contributed by atoms with Crippen LogP contribution in [0.3, 0.4) is 0 Å². The van der Waals surface area contributed by atoms with Crippen LogP contribution in [-0.4, -0.2) is 50.0 Å². The maximum Gasteiger partial charge on any atom is 0.327 e. The summed E-state index contributed by atoms with van der Waals surface area (Å²) in [6, 6.07) is 1.20. The van der Waals surface area contributed by atoms with Crippen LogP contribution in [0.15, 0.2) is 24.8 Å². The first-order chi connectivity index (χ1) is 16.2. The number of nitrogen functional groups attached to an aromatic ring is 1. The summed E-state index contributed by atoms with van der Waals surface area (Å²) in [4.78, 5) is 12.2. The molecule has 3 unspecified atom stereocenters. The van der Waals surface area contributed by atoms with Crippen molar-refractivity contribution in [3.05, 3.63) is 47.8 Å². The zero-order chi connectivity index (χ0) is 24.0. The summed E-state index contributed by atoms with van der Waals surface area (Å²) >= 11 is 5.37. The van der Waals surface area contributed by atoms with Crippen LogP contribution in [0, 0.1) is 17.5 Å². The van der Waals surface area contributed by atoms with Gasteiger partial charge in [0.1, 0.15) is 23.8 Å². The molecule has 0 aliphatic carbocycles. The second-order valence-corrected chi connectivity index (χ2v) is 10.7. The van der Waals surface area contributed by atoms with Crippen LogP contribution in [0.5, 0.6) is 0 Å². The third kappa shape index (κ3) is 4.42. The molecular weight excluding hydrogens is 498 g/mol. The molecule has 3 aromatic rings. The molecule has 0 saturated carbocycles. The van der Waals surface area contributed by atoms with Gasteiger partial charge in [-0.3, -0.25) is 4.57 Å². The number of nitrogens with zero attached hydrogens (tertiary/aromatic N) is 4. The number of hydrogen-bond acceptors (Lipinski definition) is 10. The predicted octanol–water partition coefficient (Wildman–Crippen LogP) is 2.89. The molecular formula is C19H19F3N5O5PS. The van der Waals surface area contributed by atoms with E-state index in [-0.39, 0.29) is 37.4 Å². The van der Waals surface area contributed by atoms with Gasteiger partial charge in [-0.1, -0.05) is 0 Å². The molecule has 0 radical (unpaired) electrons. The van der Waals surface area contributed by atoms with E-state index in [0.717, 1.165) is 6.07 Å². The minimum atomic E-state index is -3.35. The number of hydrogen-bond donors (Lipinski definition) is 2. The van der Waals surface area contributed by atoms with Crippen LogP contribution in [0.2, 0.25) is 0 Å². The molecule has 0 spiro atoms. The van der Waals surface area contributed by atoms with Gasteiger partial charge in [-0.05, 0) is 17.9 Å². The first-order valence-corrected chi connectivity index (χ1v) is 12.8. The molecule has 3 N–H and O–H groups in total. The standard InChI is InChI=1S/C19H19F3N5O5PS/c20-11-5-13(22)12(21)4-10(11)15-1-2-29-33(34,32-15)30-6-9-3-14(28)19(31-9)27-8-26-16-17(23)24-7-25-18(16)27/h4-5,7-9,14-15,19,28H,1-3,6H2,(H2,23,24,25)/t9-,14?,15?,19+,33?/m0/s1. The summed E-state index contributed by atoms with van der Waals surface area (Å²) in [7, 11) is 0. The fourth-order valence-electron chi connectivity index (χ4n) is 3.89. The van der Waals surface area contributed by atoms with E-state index >= 15 is 0 Å². The molecule has 0 amide bonds. The Morgan fingerprint density at radius 1 is 1.21 bits per heavy atom. The number of aliphatic hydroxyl groups excluding tert-OH is 1. The van der Waals surface area contributed by atoms with Gasteiger partial charge in [0.15, 0.2) is 29.3 Å². The van der Waals surface area contributed by atoms with Gasteiger partial charge in [-0.25, -0.2) is 28.1 Å². The van der Waals surface area contributed by atoms with E-state index in [4.69, 9.17) is 35.8 Å². The van der Waals surface area contributed by atoms with E-state index in [2.05, 4.69) is 15.0 Å². The molecule has 1 aromatic carbocycles. The van der Waals surface area contributed by atoms with Crippen LogP contribution >= 0.6 is 6.72 Å². The Kier molecular flexibility index (Phi) is 6.31. The number of halogens is 3. The Morgan fingerprint density at radius 2 is 2.00 bits per heavy atom. The van der Waals surface area contributed by atoms with Gasteiger partial charge in [0.05, 0.1) is 31.7 Å². The van der Waals surface area contributed by atoms with Crippen LogP contribution in [0.1, 0.15) is 30.7 Å². The van der Waals surface area contributed by atoms with E-state index in [1.165, 1.54) is 12.7 Å². The smallest absolute Gasteiger partial charge is 0.327 e. The van der Waals surface area contributed by atoms with Gasteiger partial charge < -0.3 is 29.1 Å². The van der Waals surface area contributed by atoms with Crippen molar-refractivity contribution in [3.8, 4) is 0 Å². The number of ether oxygens (including phenoxy) is 1. The maximum atomic E-state index is 14.2. The van der Waals surface area contributed by atoms with Crippen molar-refractivity contribution in [1.82, 2.24) is 19.5 Å². The monoisotopic (exact) mass is 517 g/mol. The Hall–Kier alpha value is -2.19. The second kappa shape index (κ2) is 9.11. The minimum Gasteiger partial charge on any atom is -0.388 e. The Morgan fingerprint density at radius 3 is 2.82 bits per heavy atom. The lowest BCUT2D eigenvalue weighted by atomic mass is 10.1. The topological polar surface area (TPSA) is 127 Å². The average Bonchev–Trinajstić information content (AvgIpc) is 3.39. The first kappa shape index (κ1) is 23.5. The molecule has 5 rings (SSSR count). The van der Waals surface area contributed by atoms with E-state index in [0.29, 0.717) is 17.2 Å². The van der Waals surface area contributed by atoms with Gasteiger partial charge in [-0.2, -0.15) is 0 Å². The van der Waals surface area contributed by atoms with Crippen molar-refractivity contribution in [2.24, 2.45) is 0 Å². The highest BCUT2D eigenvalue weighted by atomic mass is 32.5. The lowest BCUT2D eigenvalue weighted by Gasteiger charge is -2.32. The molecule has 4 heterocycles. The Bertz CT molecular complexity index is 1280. The van der Waals surface area contributed by atoms with Crippen molar-refractivity contribution in [2.75, 3.05) is 18.9 Å². The number of anilines is 1. The highest BCUT2D eigenvalue weighted by Crippen LogP contribution is 2.57. The average molecular weight is 517 g/mol. The summed E-state index contributed by atoms with van der Waals surface area (Å²) < 4.78 is 65.4. The van der Waals surface area contributed by atoms with E-state index in [9.17, 15) is 18.3 Å². The van der Waals surface area contributed by atoms with Crippen molar-refractivity contribution in [2.45, 2.75) is 37.4 Å². The molecule has 5 atom stereocenters. The highest BCUT2D eigenvalue weighted by molar-refractivity contribution is 8.07. The fourth-order valence-corrected chi connectivity index (χ4v) is 6.02. The minimum absolute atomic E-state index is 0.0818. The van der Waals surface area contributed by atoms with Crippen LogP contribution in [0.4, 0.5) is 19.0 Å². The number of rotatable bonds is 5. The largest absolute Gasteiger partial charge is 0.388 e. The molecule has 0 bridgehead atoms. The number of aromatic nitrogens is 4. The van der Waals surface area contributed by atoms with Crippen molar-refractivity contribution in [3.63, 3.8) is 0 Å². The zero-order valence-electron chi connectivity index (χ0n) is 17.4. The van der Waals surface area contributed by atoms with E-state index < -0.39 is 48.7 Å². The SMILES string of the molecule is Nc1ncnc2c1ncn2[C@@H]1O[C@H](COP2(=S)OCCC(c3cc(F)c(F)cc3F)O2)CC1O. The van der Waals surface area contributed by atoms with Crippen LogP contribution in [-0.2, 0) is 30.1 Å². The van der Waals surface area contributed by atoms with Crippen molar-refractivity contribution in [1.29, 1.82) is 0 Å². The summed E-state index contributed by atoms with van der Waals surface area (Å²) in [6.45, 7) is -3.35. The lowest BCUT2D eigenvalue weighted by Crippen LogP contribution is -2.21. The summed E-state index contributed by atoms with van der Waals surface area (Å²) in [6.07, 6.45) is -0.118. The van der Waals surface area contributed by atoms with E-state index in [1.54, 1.807) is 4.57 Å². The van der Waals surface area contributed by atoms with E-state index in [1.807, 2.05) is 0 Å². The van der Waals surface area contributed by atoms with Gasteiger partial charge >= 0.3 is 6.72 Å². The molecule has 2 saturated heterocycles. The summed E-state index contributed by atoms with van der Waals surface area (Å²) in [5, 5.41) is 10.5. The molecule has 2 aromatic heterocycles. The zero-order valence-corrected chi connectivity index (χ0v) is 19.1. The third-order valence-corrected chi connectivity index (χ3v) is 7.88. The molecule has 2 aliphatic heterocycles. The quantitative estimate of drug-likeness (QED) is 0.385. The number of fused-ring (bicyclic) bond motifs is 1. The molecule has 34 heavy (non-hydrogen) atoms. The Labute approximate surface area is 196 Å². The number of nitrogens with two attached hydrogens (primary N) is 1. The first-order valence-electron chi connectivity index (χ1n) is 10.2.